The number of aromatic nitrogens is 4. The average molecular weight is 304 g/mol. The molecule has 0 atom stereocenters. The van der Waals surface area contributed by atoms with Crippen LogP contribution in [0.3, 0.4) is 0 Å². The highest BCUT2D eigenvalue weighted by atomic mass is 16.2. The first-order chi connectivity index (χ1) is 10.4. The van der Waals surface area contributed by atoms with E-state index in [1.165, 1.54) is 11.2 Å². The van der Waals surface area contributed by atoms with Gasteiger partial charge in [0.25, 0.3) is 5.78 Å². The van der Waals surface area contributed by atoms with Gasteiger partial charge in [-0.1, -0.05) is 0 Å². The van der Waals surface area contributed by atoms with Gasteiger partial charge in [0.1, 0.15) is 6.33 Å². The minimum Gasteiger partial charge on any atom is -0.347 e. The maximum atomic E-state index is 11.8. The van der Waals surface area contributed by atoms with E-state index in [1.54, 1.807) is 18.6 Å². The highest BCUT2D eigenvalue weighted by molar-refractivity contribution is 5.84. The van der Waals surface area contributed by atoms with Crippen molar-refractivity contribution in [1.29, 1.82) is 0 Å². The monoisotopic (exact) mass is 304 g/mol. The molecule has 0 bridgehead atoms. The topological polar surface area (TPSA) is 92.5 Å². The number of nitrogens with zero attached hydrogens (tertiary/aromatic N) is 5. The van der Waals surface area contributed by atoms with E-state index in [0.29, 0.717) is 18.6 Å². The maximum Gasteiger partial charge on any atom is 0.252 e. The molecule has 0 aromatic carbocycles. The fourth-order valence-corrected chi connectivity index (χ4v) is 2.18. The lowest BCUT2D eigenvalue weighted by atomic mass is 10.1. The molecule has 2 aromatic rings. The zero-order valence-electron chi connectivity index (χ0n) is 13.3. The van der Waals surface area contributed by atoms with E-state index >= 15 is 0 Å². The Morgan fingerprint density at radius 1 is 1.32 bits per heavy atom. The van der Waals surface area contributed by atoms with Gasteiger partial charge in [-0.05, 0) is 25.8 Å². The minimum absolute atomic E-state index is 0.0180. The zero-order chi connectivity index (χ0) is 16.3. The Kier molecular flexibility index (Phi) is 4.69. The number of hydrogen-bond donors (Lipinski definition) is 1. The molecule has 1 N–H and O–H groups in total. The number of fused-ring (bicyclic) bond motifs is 1. The van der Waals surface area contributed by atoms with Crippen molar-refractivity contribution in [3.8, 4) is 0 Å². The molecule has 22 heavy (non-hydrogen) atoms. The standard InChI is InChI=1S/C14H20N6O2/c1-9-11(10(2)20-14(18-9)16-8-17-20)5-6-12(21)15-7-13(22)19(3)4/h8H,5-7H2,1-4H3,(H,15,21). The summed E-state index contributed by atoms with van der Waals surface area (Å²) in [5, 5.41) is 6.74. The molecule has 0 spiro atoms. The molecule has 118 valence electrons. The second-order valence-electron chi connectivity index (χ2n) is 5.30. The fourth-order valence-electron chi connectivity index (χ4n) is 2.18. The lowest BCUT2D eigenvalue weighted by Gasteiger charge is -2.12. The van der Waals surface area contributed by atoms with Gasteiger partial charge in [-0.15, -0.1) is 0 Å². The van der Waals surface area contributed by atoms with Gasteiger partial charge in [0.05, 0.1) is 6.54 Å². The predicted molar refractivity (Wildman–Crippen MR) is 80.3 cm³/mol. The van der Waals surface area contributed by atoms with Crippen molar-refractivity contribution in [2.75, 3.05) is 20.6 Å². The normalized spacial score (nSPS) is 10.7. The molecule has 0 fully saturated rings. The molecule has 2 amide bonds. The Balaban J connectivity index is 1.99. The first kappa shape index (κ1) is 15.9. The predicted octanol–water partition coefficient (Wildman–Crippen LogP) is -0.122. The van der Waals surface area contributed by atoms with Crippen molar-refractivity contribution in [1.82, 2.24) is 29.8 Å². The van der Waals surface area contributed by atoms with Crippen LogP contribution in [-0.4, -0.2) is 56.9 Å². The van der Waals surface area contributed by atoms with Crippen LogP contribution in [0.5, 0.6) is 0 Å². The second kappa shape index (κ2) is 6.50. The largest absolute Gasteiger partial charge is 0.347 e. The molecule has 2 aromatic heterocycles. The van der Waals surface area contributed by atoms with Gasteiger partial charge in [-0.3, -0.25) is 9.59 Å². The molecule has 0 saturated carbocycles. The molecule has 0 aliphatic carbocycles. The summed E-state index contributed by atoms with van der Waals surface area (Å²) in [5.74, 6) is 0.263. The van der Waals surface area contributed by atoms with Crippen molar-refractivity contribution in [3.63, 3.8) is 0 Å². The van der Waals surface area contributed by atoms with Crippen LogP contribution < -0.4 is 5.32 Å². The van der Waals surface area contributed by atoms with Crippen LogP contribution in [0.2, 0.25) is 0 Å². The number of hydrogen-bond acceptors (Lipinski definition) is 5. The summed E-state index contributed by atoms with van der Waals surface area (Å²) >= 11 is 0. The summed E-state index contributed by atoms with van der Waals surface area (Å²) in [6.07, 6.45) is 2.30. The van der Waals surface area contributed by atoms with E-state index in [2.05, 4.69) is 20.4 Å². The van der Waals surface area contributed by atoms with Gasteiger partial charge >= 0.3 is 0 Å². The minimum atomic E-state index is -0.160. The third kappa shape index (κ3) is 3.38. The van der Waals surface area contributed by atoms with Gasteiger partial charge in [0, 0.05) is 31.9 Å². The van der Waals surface area contributed by atoms with Gasteiger partial charge in [-0.2, -0.15) is 10.1 Å². The third-order valence-corrected chi connectivity index (χ3v) is 3.53. The van der Waals surface area contributed by atoms with E-state index in [9.17, 15) is 9.59 Å². The summed E-state index contributed by atoms with van der Waals surface area (Å²) in [4.78, 5) is 33.1. The Morgan fingerprint density at radius 3 is 2.73 bits per heavy atom. The molecular formula is C14H20N6O2. The first-order valence-electron chi connectivity index (χ1n) is 7.02. The van der Waals surface area contributed by atoms with Crippen molar-refractivity contribution >= 4 is 17.6 Å². The molecule has 0 aliphatic heterocycles. The van der Waals surface area contributed by atoms with Gasteiger partial charge in [0.15, 0.2) is 0 Å². The Hall–Kier alpha value is -2.51. The molecular weight excluding hydrogens is 284 g/mol. The molecule has 8 nitrogen and oxygen atoms in total. The van der Waals surface area contributed by atoms with Gasteiger partial charge < -0.3 is 10.2 Å². The number of rotatable bonds is 5. The molecule has 0 aliphatic rings. The summed E-state index contributed by atoms with van der Waals surface area (Å²) in [6.45, 7) is 3.84. The summed E-state index contributed by atoms with van der Waals surface area (Å²) in [5.41, 5.74) is 2.75. The van der Waals surface area contributed by atoms with Crippen LogP contribution in [0.15, 0.2) is 6.33 Å². The lowest BCUT2D eigenvalue weighted by Crippen LogP contribution is -2.36. The summed E-state index contributed by atoms with van der Waals surface area (Å²) in [7, 11) is 3.31. The van der Waals surface area contributed by atoms with E-state index in [0.717, 1.165) is 17.0 Å². The number of carbonyl (C=O) groups is 2. The molecule has 0 saturated heterocycles. The smallest absolute Gasteiger partial charge is 0.252 e. The molecule has 0 unspecified atom stereocenters. The van der Waals surface area contributed by atoms with E-state index < -0.39 is 0 Å². The zero-order valence-corrected chi connectivity index (χ0v) is 13.3. The SMILES string of the molecule is Cc1nc2ncnn2c(C)c1CCC(=O)NCC(=O)N(C)C. The quantitative estimate of drug-likeness (QED) is 0.831. The van der Waals surface area contributed by atoms with Crippen molar-refractivity contribution in [2.24, 2.45) is 0 Å². The van der Waals surface area contributed by atoms with Crippen LogP contribution in [0, 0.1) is 13.8 Å². The van der Waals surface area contributed by atoms with Crippen molar-refractivity contribution in [3.05, 3.63) is 23.3 Å². The first-order valence-corrected chi connectivity index (χ1v) is 7.02. The van der Waals surface area contributed by atoms with Crippen molar-refractivity contribution < 1.29 is 9.59 Å². The number of carbonyl (C=O) groups excluding carboxylic acids is 2. The molecule has 2 rings (SSSR count). The van der Waals surface area contributed by atoms with Gasteiger partial charge in [0.2, 0.25) is 11.8 Å². The third-order valence-electron chi connectivity index (χ3n) is 3.53. The number of amides is 2. The summed E-state index contributed by atoms with van der Waals surface area (Å²) < 4.78 is 1.66. The van der Waals surface area contributed by atoms with E-state index in [1.807, 2.05) is 13.8 Å². The fraction of sp³-hybridized carbons (Fsp3) is 0.500. The lowest BCUT2D eigenvalue weighted by molar-refractivity contribution is -0.130. The van der Waals surface area contributed by atoms with Gasteiger partial charge in [-0.25, -0.2) is 9.50 Å². The number of nitrogens with one attached hydrogen (secondary N) is 1. The Labute approximate surface area is 128 Å². The number of likely N-dealkylation sites (N-methyl/N-ethyl adjacent to an activating group) is 1. The van der Waals surface area contributed by atoms with Crippen molar-refractivity contribution in [2.45, 2.75) is 26.7 Å². The second-order valence-corrected chi connectivity index (χ2v) is 5.30. The van der Waals surface area contributed by atoms with Crippen LogP contribution >= 0.6 is 0 Å². The highest BCUT2D eigenvalue weighted by Gasteiger charge is 2.13. The van der Waals surface area contributed by atoms with Crippen LogP contribution in [0.4, 0.5) is 0 Å². The molecule has 2 heterocycles. The summed E-state index contributed by atoms with van der Waals surface area (Å²) in [6, 6.07) is 0. The highest BCUT2D eigenvalue weighted by Crippen LogP contribution is 2.14. The Bertz CT molecular complexity index is 707. The molecule has 0 radical (unpaired) electrons. The van der Waals surface area contributed by atoms with Crippen LogP contribution in [0.1, 0.15) is 23.4 Å². The maximum absolute atomic E-state index is 11.8. The Morgan fingerprint density at radius 2 is 2.05 bits per heavy atom. The van der Waals surface area contributed by atoms with E-state index in [4.69, 9.17) is 0 Å². The van der Waals surface area contributed by atoms with Crippen LogP contribution in [-0.2, 0) is 16.0 Å². The number of aryl methyl sites for hydroxylation is 2. The van der Waals surface area contributed by atoms with Crippen LogP contribution in [0.25, 0.3) is 5.78 Å². The average Bonchev–Trinajstić information content (AvgIpc) is 2.92. The van der Waals surface area contributed by atoms with E-state index in [-0.39, 0.29) is 18.4 Å². The molecule has 8 heteroatoms.